The normalized spacial score (nSPS) is 11.8. The largest absolute Gasteiger partial charge is 0.476 e. The molecule has 1 unspecified atom stereocenters. The number of hydrogen-bond acceptors (Lipinski definition) is 5. The summed E-state index contributed by atoms with van der Waals surface area (Å²) < 4.78 is 1.15. The van der Waals surface area contributed by atoms with Gasteiger partial charge in [-0.15, -0.1) is 5.10 Å². The van der Waals surface area contributed by atoms with Crippen LogP contribution in [0.5, 0.6) is 0 Å². The highest BCUT2D eigenvalue weighted by atomic mass is 16.4. The van der Waals surface area contributed by atoms with Crippen molar-refractivity contribution >= 4 is 17.8 Å². The lowest BCUT2D eigenvalue weighted by atomic mass is 10.1. The second-order valence-corrected chi connectivity index (χ2v) is 4.40. The molecule has 2 N–H and O–H groups in total. The number of carbonyl (C=O) groups excluding carboxylic acids is 2. The lowest BCUT2D eigenvalue weighted by Gasteiger charge is -2.20. The minimum atomic E-state index is -1.20. The Kier molecular flexibility index (Phi) is 5.18. The van der Waals surface area contributed by atoms with Gasteiger partial charge in [0, 0.05) is 20.6 Å². The van der Waals surface area contributed by atoms with E-state index in [-0.39, 0.29) is 36.5 Å². The Morgan fingerprint density at radius 3 is 2.65 bits per heavy atom. The van der Waals surface area contributed by atoms with Crippen molar-refractivity contribution in [3.8, 4) is 0 Å². The number of hydrogen-bond donors (Lipinski definition) is 2. The van der Waals surface area contributed by atoms with Gasteiger partial charge in [-0.25, -0.2) is 9.48 Å². The van der Waals surface area contributed by atoms with Crippen molar-refractivity contribution in [1.29, 1.82) is 0 Å². The fourth-order valence-electron chi connectivity index (χ4n) is 1.57. The number of nitrogens with one attached hydrogen (secondary N) is 1. The second-order valence-electron chi connectivity index (χ2n) is 4.40. The first-order valence-electron chi connectivity index (χ1n) is 5.94. The Hall–Kier alpha value is -2.45. The Labute approximate surface area is 115 Å². The van der Waals surface area contributed by atoms with Crippen molar-refractivity contribution < 1.29 is 19.5 Å². The van der Waals surface area contributed by atoms with Gasteiger partial charge in [-0.2, -0.15) is 0 Å². The van der Waals surface area contributed by atoms with Crippen LogP contribution in [-0.2, 0) is 16.1 Å². The minimum absolute atomic E-state index is 0.128. The topological polar surface area (TPSA) is 117 Å². The summed E-state index contributed by atoms with van der Waals surface area (Å²) in [6, 6.07) is 0. The molecule has 0 saturated heterocycles. The van der Waals surface area contributed by atoms with Crippen molar-refractivity contribution in [1.82, 2.24) is 25.2 Å². The van der Waals surface area contributed by atoms with Gasteiger partial charge in [-0.05, 0) is 0 Å². The molecule has 0 spiro atoms. The minimum Gasteiger partial charge on any atom is -0.476 e. The standard InChI is InChI=1S/C11H17N5O4/c1-7(10(18)12-2)4-15(3)9(17)6-16-5-8(11(19)20)13-14-16/h5,7H,4,6H2,1-3H3,(H,12,18)(H,19,20). The van der Waals surface area contributed by atoms with Crippen LogP contribution in [0, 0.1) is 5.92 Å². The fourth-order valence-corrected chi connectivity index (χ4v) is 1.57. The molecule has 0 aliphatic rings. The van der Waals surface area contributed by atoms with Crippen LogP contribution in [0.25, 0.3) is 0 Å². The van der Waals surface area contributed by atoms with E-state index in [1.165, 1.54) is 18.1 Å². The molecule has 20 heavy (non-hydrogen) atoms. The van der Waals surface area contributed by atoms with Crippen LogP contribution < -0.4 is 5.32 Å². The first-order chi connectivity index (χ1) is 9.35. The van der Waals surface area contributed by atoms with E-state index < -0.39 is 5.97 Å². The maximum atomic E-state index is 11.9. The Morgan fingerprint density at radius 1 is 1.50 bits per heavy atom. The van der Waals surface area contributed by atoms with Gasteiger partial charge in [0.2, 0.25) is 11.8 Å². The van der Waals surface area contributed by atoms with Crippen molar-refractivity contribution in [3.05, 3.63) is 11.9 Å². The third kappa shape index (κ3) is 4.04. The zero-order chi connectivity index (χ0) is 15.3. The van der Waals surface area contributed by atoms with Gasteiger partial charge < -0.3 is 15.3 Å². The van der Waals surface area contributed by atoms with Gasteiger partial charge in [0.25, 0.3) is 0 Å². The average molecular weight is 283 g/mol. The summed E-state index contributed by atoms with van der Waals surface area (Å²) in [5, 5.41) is 18.2. The number of amides is 2. The van der Waals surface area contributed by atoms with Crippen LogP contribution in [-0.4, -0.2) is 63.4 Å². The fraction of sp³-hybridized carbons (Fsp3) is 0.545. The molecule has 1 aromatic rings. The van der Waals surface area contributed by atoms with Gasteiger partial charge in [0.1, 0.15) is 6.54 Å². The van der Waals surface area contributed by atoms with Gasteiger partial charge in [0.15, 0.2) is 5.69 Å². The summed E-state index contributed by atoms with van der Waals surface area (Å²) in [6.45, 7) is 1.84. The summed E-state index contributed by atoms with van der Waals surface area (Å²) in [4.78, 5) is 35.3. The van der Waals surface area contributed by atoms with Crippen LogP contribution in [0.3, 0.4) is 0 Å². The van der Waals surface area contributed by atoms with E-state index in [1.54, 1.807) is 14.0 Å². The second kappa shape index (κ2) is 6.64. The average Bonchev–Trinajstić information content (AvgIpc) is 2.86. The maximum Gasteiger partial charge on any atom is 0.358 e. The highest BCUT2D eigenvalue weighted by Crippen LogP contribution is 2.00. The number of likely N-dealkylation sites (N-methyl/N-ethyl adjacent to an activating group) is 1. The molecule has 0 aliphatic heterocycles. The smallest absolute Gasteiger partial charge is 0.358 e. The van der Waals surface area contributed by atoms with E-state index in [9.17, 15) is 14.4 Å². The molecule has 110 valence electrons. The van der Waals surface area contributed by atoms with E-state index in [0.717, 1.165) is 4.68 Å². The molecule has 1 heterocycles. The number of rotatable bonds is 6. The summed E-state index contributed by atoms with van der Waals surface area (Å²) >= 11 is 0. The maximum absolute atomic E-state index is 11.9. The third-order valence-corrected chi connectivity index (χ3v) is 2.72. The molecule has 9 heteroatoms. The molecule has 0 aromatic carbocycles. The number of carbonyl (C=O) groups is 3. The summed E-state index contributed by atoms with van der Waals surface area (Å²) in [5.74, 6) is -1.98. The van der Waals surface area contributed by atoms with Crippen molar-refractivity contribution in [2.75, 3.05) is 20.6 Å². The molecule has 1 rings (SSSR count). The molecule has 1 aromatic heterocycles. The van der Waals surface area contributed by atoms with Crippen molar-refractivity contribution in [2.24, 2.45) is 5.92 Å². The SMILES string of the molecule is CNC(=O)C(C)CN(C)C(=O)Cn1cc(C(=O)O)nn1. The van der Waals surface area contributed by atoms with E-state index in [4.69, 9.17) is 5.11 Å². The highest BCUT2D eigenvalue weighted by Gasteiger charge is 2.18. The lowest BCUT2D eigenvalue weighted by Crippen LogP contribution is -2.38. The van der Waals surface area contributed by atoms with E-state index in [1.807, 2.05) is 0 Å². The molecule has 0 radical (unpaired) electrons. The molecule has 9 nitrogen and oxygen atoms in total. The number of carboxylic acids is 1. The van der Waals surface area contributed by atoms with Crippen molar-refractivity contribution in [2.45, 2.75) is 13.5 Å². The lowest BCUT2D eigenvalue weighted by molar-refractivity contribution is -0.132. The van der Waals surface area contributed by atoms with E-state index in [2.05, 4.69) is 15.6 Å². The Bertz CT molecular complexity index is 513. The van der Waals surface area contributed by atoms with Crippen LogP contribution in [0.15, 0.2) is 6.20 Å². The molecule has 1 atom stereocenters. The number of nitrogens with zero attached hydrogens (tertiary/aromatic N) is 4. The van der Waals surface area contributed by atoms with Gasteiger partial charge >= 0.3 is 5.97 Å². The van der Waals surface area contributed by atoms with Gasteiger partial charge in [-0.3, -0.25) is 9.59 Å². The van der Waals surface area contributed by atoms with Crippen LogP contribution in [0.4, 0.5) is 0 Å². The molecule has 0 aliphatic carbocycles. The zero-order valence-electron chi connectivity index (χ0n) is 11.5. The summed E-state index contributed by atoms with van der Waals surface area (Å²) in [5.41, 5.74) is -0.223. The summed E-state index contributed by atoms with van der Waals surface area (Å²) in [7, 11) is 3.10. The molecule has 2 amide bonds. The van der Waals surface area contributed by atoms with E-state index >= 15 is 0 Å². The Balaban J connectivity index is 2.56. The van der Waals surface area contributed by atoms with Crippen LogP contribution >= 0.6 is 0 Å². The first kappa shape index (κ1) is 15.6. The number of carboxylic acid groups (broad SMARTS) is 1. The molecule has 0 saturated carbocycles. The molecule has 0 fully saturated rings. The van der Waals surface area contributed by atoms with Gasteiger partial charge in [-0.1, -0.05) is 12.1 Å². The van der Waals surface area contributed by atoms with Crippen LogP contribution in [0.1, 0.15) is 17.4 Å². The predicted molar refractivity (Wildman–Crippen MR) is 67.8 cm³/mol. The first-order valence-corrected chi connectivity index (χ1v) is 5.94. The monoisotopic (exact) mass is 283 g/mol. The Morgan fingerprint density at radius 2 is 2.15 bits per heavy atom. The molecular formula is C11H17N5O4. The van der Waals surface area contributed by atoms with E-state index in [0.29, 0.717) is 0 Å². The molecular weight excluding hydrogens is 266 g/mol. The van der Waals surface area contributed by atoms with Crippen LogP contribution in [0.2, 0.25) is 0 Å². The molecule has 0 bridgehead atoms. The summed E-state index contributed by atoms with van der Waals surface area (Å²) in [6.07, 6.45) is 1.18. The number of aromatic nitrogens is 3. The predicted octanol–water partition coefficient (Wildman–Crippen LogP) is -1.18. The quantitative estimate of drug-likeness (QED) is 0.678. The third-order valence-electron chi connectivity index (χ3n) is 2.72. The number of aromatic carboxylic acids is 1. The van der Waals surface area contributed by atoms with Crippen molar-refractivity contribution in [3.63, 3.8) is 0 Å². The zero-order valence-corrected chi connectivity index (χ0v) is 11.5. The van der Waals surface area contributed by atoms with Gasteiger partial charge in [0.05, 0.1) is 12.1 Å². The highest BCUT2D eigenvalue weighted by molar-refractivity contribution is 5.85.